The van der Waals surface area contributed by atoms with Gasteiger partial charge in [0.25, 0.3) is 0 Å². The molecule has 6 nitrogen and oxygen atoms in total. The summed E-state index contributed by atoms with van der Waals surface area (Å²) < 4.78 is 16.1. The molecular formula is C28H46O6. The van der Waals surface area contributed by atoms with E-state index in [-0.39, 0.29) is 24.3 Å². The van der Waals surface area contributed by atoms with Gasteiger partial charge in [-0.3, -0.25) is 0 Å². The van der Waals surface area contributed by atoms with E-state index in [4.69, 9.17) is 19.3 Å². The Bertz CT molecular complexity index is 646. The van der Waals surface area contributed by atoms with Crippen molar-refractivity contribution in [2.45, 2.75) is 96.8 Å². The van der Waals surface area contributed by atoms with E-state index in [9.17, 15) is 9.59 Å². The minimum atomic E-state index is -1.15. The molecule has 0 fully saturated rings. The van der Waals surface area contributed by atoms with Crippen LogP contribution in [0.4, 0.5) is 0 Å². The molecule has 1 aromatic rings. The summed E-state index contributed by atoms with van der Waals surface area (Å²) in [6.45, 7) is 4.32. The van der Waals surface area contributed by atoms with Crippen LogP contribution in [0.3, 0.4) is 0 Å². The summed E-state index contributed by atoms with van der Waals surface area (Å²) in [5, 5.41) is 9.11. The lowest BCUT2D eigenvalue weighted by Gasteiger charge is -2.08. The molecule has 0 heterocycles. The molecule has 0 aliphatic carbocycles. The number of esters is 1. The van der Waals surface area contributed by atoms with Crippen molar-refractivity contribution in [2.75, 3.05) is 33.0 Å². The van der Waals surface area contributed by atoms with E-state index in [1.54, 1.807) is 12.1 Å². The number of carbonyl (C=O) groups is 2. The standard InChI is InChI=1S/C28H46O6/c1-2-3-4-5-6-7-8-9-10-11-12-13-14-17-20-32-21-22-33-23-24-34-28(31)26-19-16-15-18-25(26)27(29)30/h15-16,18-19H,2-14,17,20-24H2,1H3,(H,29,30). The lowest BCUT2D eigenvalue weighted by molar-refractivity contribution is 0.0140. The van der Waals surface area contributed by atoms with Crippen LogP contribution in [0.5, 0.6) is 0 Å². The first-order valence-electron chi connectivity index (χ1n) is 13.3. The molecule has 0 atom stereocenters. The zero-order chi connectivity index (χ0) is 24.7. The summed E-state index contributed by atoms with van der Waals surface area (Å²) >= 11 is 0. The van der Waals surface area contributed by atoms with Crippen LogP contribution in [0.1, 0.15) is 118 Å². The molecule has 0 bridgehead atoms. The van der Waals surface area contributed by atoms with Crippen molar-refractivity contribution in [1.82, 2.24) is 0 Å². The quantitative estimate of drug-likeness (QED) is 0.134. The van der Waals surface area contributed by atoms with Crippen molar-refractivity contribution >= 4 is 11.9 Å². The van der Waals surface area contributed by atoms with Crippen LogP contribution in [-0.2, 0) is 14.2 Å². The van der Waals surface area contributed by atoms with Gasteiger partial charge >= 0.3 is 11.9 Å². The number of carboxylic acid groups (broad SMARTS) is 1. The Kier molecular flexibility index (Phi) is 19.1. The Balaban J connectivity index is 1.82. The lowest BCUT2D eigenvalue weighted by Crippen LogP contribution is -2.15. The molecule has 0 aliphatic rings. The maximum absolute atomic E-state index is 12.0. The minimum Gasteiger partial charge on any atom is -0.478 e. The van der Waals surface area contributed by atoms with Crippen molar-refractivity contribution < 1.29 is 28.9 Å². The van der Waals surface area contributed by atoms with Gasteiger partial charge < -0.3 is 19.3 Å². The number of carbonyl (C=O) groups excluding carboxylic acids is 1. The first kappa shape index (κ1) is 30.1. The van der Waals surface area contributed by atoms with Gasteiger partial charge in [0.05, 0.1) is 30.9 Å². The maximum atomic E-state index is 12.0. The number of aromatic carboxylic acids is 1. The SMILES string of the molecule is CCCCCCCCCCCCCCCCOCCOCCOC(=O)c1ccccc1C(=O)O. The molecule has 34 heavy (non-hydrogen) atoms. The number of ether oxygens (including phenoxy) is 3. The van der Waals surface area contributed by atoms with Crippen LogP contribution >= 0.6 is 0 Å². The Morgan fingerprint density at radius 1 is 0.618 bits per heavy atom. The van der Waals surface area contributed by atoms with Crippen LogP contribution < -0.4 is 0 Å². The van der Waals surface area contributed by atoms with E-state index >= 15 is 0 Å². The molecular weight excluding hydrogens is 432 g/mol. The van der Waals surface area contributed by atoms with Gasteiger partial charge in [-0.25, -0.2) is 9.59 Å². The number of unbranched alkanes of at least 4 members (excludes halogenated alkanes) is 13. The summed E-state index contributed by atoms with van der Waals surface area (Å²) in [4.78, 5) is 23.1. The molecule has 0 saturated heterocycles. The van der Waals surface area contributed by atoms with E-state index < -0.39 is 11.9 Å². The summed E-state index contributed by atoms with van der Waals surface area (Å²) in [5.41, 5.74) is -0.0168. The summed E-state index contributed by atoms with van der Waals surface area (Å²) in [6, 6.07) is 6.00. The minimum absolute atomic E-state index is 0.0477. The van der Waals surface area contributed by atoms with E-state index in [1.807, 2.05) is 0 Å². The van der Waals surface area contributed by atoms with Crippen LogP contribution in [0.2, 0.25) is 0 Å². The van der Waals surface area contributed by atoms with Crippen molar-refractivity contribution in [1.29, 1.82) is 0 Å². The summed E-state index contributed by atoms with van der Waals surface area (Å²) in [6.07, 6.45) is 18.8. The predicted octanol–water partition coefficient (Wildman–Crippen LogP) is 7.06. The van der Waals surface area contributed by atoms with Gasteiger partial charge in [-0.2, -0.15) is 0 Å². The van der Waals surface area contributed by atoms with E-state index in [1.165, 1.54) is 95.6 Å². The smallest absolute Gasteiger partial charge is 0.339 e. The first-order chi connectivity index (χ1) is 16.7. The van der Waals surface area contributed by atoms with Crippen LogP contribution in [0.25, 0.3) is 0 Å². The third kappa shape index (κ3) is 15.8. The van der Waals surface area contributed by atoms with E-state index in [0.717, 1.165) is 13.0 Å². The number of rotatable bonds is 23. The van der Waals surface area contributed by atoms with E-state index in [0.29, 0.717) is 13.2 Å². The monoisotopic (exact) mass is 478 g/mol. The predicted molar refractivity (Wildman–Crippen MR) is 136 cm³/mol. The molecule has 1 N–H and O–H groups in total. The molecule has 0 amide bonds. The fourth-order valence-corrected chi connectivity index (χ4v) is 3.84. The highest BCUT2D eigenvalue weighted by Crippen LogP contribution is 2.13. The Morgan fingerprint density at radius 2 is 1.06 bits per heavy atom. The molecule has 1 aromatic carbocycles. The van der Waals surface area contributed by atoms with Crippen molar-refractivity contribution in [3.63, 3.8) is 0 Å². The zero-order valence-electron chi connectivity index (χ0n) is 21.2. The topological polar surface area (TPSA) is 82.1 Å². The first-order valence-corrected chi connectivity index (χ1v) is 13.3. The second kappa shape index (κ2) is 21.6. The molecule has 1 rings (SSSR count). The molecule has 0 aliphatic heterocycles. The number of hydrogen-bond acceptors (Lipinski definition) is 5. The summed E-state index contributed by atoms with van der Waals surface area (Å²) in [5.74, 6) is -1.81. The van der Waals surface area contributed by atoms with Gasteiger partial charge in [-0.15, -0.1) is 0 Å². The zero-order valence-corrected chi connectivity index (χ0v) is 21.2. The Hall–Kier alpha value is -1.92. The number of benzene rings is 1. The van der Waals surface area contributed by atoms with Gasteiger partial charge in [0, 0.05) is 6.61 Å². The third-order valence-electron chi connectivity index (χ3n) is 5.85. The van der Waals surface area contributed by atoms with Gasteiger partial charge in [0.2, 0.25) is 0 Å². The van der Waals surface area contributed by atoms with Gasteiger partial charge in [0.15, 0.2) is 0 Å². The van der Waals surface area contributed by atoms with Crippen molar-refractivity contribution in [3.8, 4) is 0 Å². The molecule has 0 saturated carbocycles. The number of carboxylic acids is 1. The van der Waals surface area contributed by atoms with Crippen molar-refractivity contribution in [2.24, 2.45) is 0 Å². The normalized spacial score (nSPS) is 11.0. The van der Waals surface area contributed by atoms with Crippen LogP contribution in [0, 0.1) is 0 Å². The van der Waals surface area contributed by atoms with Crippen LogP contribution in [0.15, 0.2) is 24.3 Å². The van der Waals surface area contributed by atoms with Gasteiger partial charge in [0.1, 0.15) is 6.61 Å². The van der Waals surface area contributed by atoms with Gasteiger partial charge in [-0.05, 0) is 18.6 Å². The third-order valence-corrected chi connectivity index (χ3v) is 5.85. The highest BCUT2D eigenvalue weighted by atomic mass is 16.6. The Morgan fingerprint density at radius 3 is 1.59 bits per heavy atom. The van der Waals surface area contributed by atoms with Gasteiger partial charge in [-0.1, -0.05) is 103 Å². The fourth-order valence-electron chi connectivity index (χ4n) is 3.84. The molecule has 6 heteroatoms. The largest absolute Gasteiger partial charge is 0.478 e. The molecule has 0 unspecified atom stereocenters. The highest BCUT2D eigenvalue weighted by molar-refractivity contribution is 6.02. The highest BCUT2D eigenvalue weighted by Gasteiger charge is 2.16. The van der Waals surface area contributed by atoms with Crippen molar-refractivity contribution in [3.05, 3.63) is 35.4 Å². The molecule has 0 aromatic heterocycles. The van der Waals surface area contributed by atoms with E-state index in [2.05, 4.69) is 6.92 Å². The average Bonchev–Trinajstić information content (AvgIpc) is 2.84. The molecule has 0 radical (unpaired) electrons. The second-order valence-electron chi connectivity index (χ2n) is 8.81. The van der Waals surface area contributed by atoms with Crippen LogP contribution in [-0.4, -0.2) is 50.1 Å². The second-order valence-corrected chi connectivity index (χ2v) is 8.81. The lowest BCUT2D eigenvalue weighted by atomic mass is 10.0. The summed E-state index contributed by atoms with van der Waals surface area (Å²) in [7, 11) is 0. The maximum Gasteiger partial charge on any atom is 0.339 e. The fraction of sp³-hybridized carbons (Fsp3) is 0.714. The average molecular weight is 479 g/mol. The Labute approximate surface area is 206 Å². The molecule has 194 valence electrons. The number of hydrogen-bond donors (Lipinski definition) is 1. The molecule has 0 spiro atoms.